The number of halogens is 1. The van der Waals surface area contributed by atoms with Crippen LogP contribution in [0.5, 0.6) is 0 Å². The van der Waals surface area contributed by atoms with Crippen molar-refractivity contribution in [1.82, 2.24) is 20.0 Å². The van der Waals surface area contributed by atoms with Gasteiger partial charge in [0.05, 0.1) is 11.7 Å². The van der Waals surface area contributed by atoms with Gasteiger partial charge in [0.2, 0.25) is 5.91 Å². The lowest BCUT2D eigenvalue weighted by Gasteiger charge is -2.28. The summed E-state index contributed by atoms with van der Waals surface area (Å²) in [6.45, 7) is 9.67. The summed E-state index contributed by atoms with van der Waals surface area (Å²) in [6.07, 6.45) is 5.76. The van der Waals surface area contributed by atoms with Crippen LogP contribution in [-0.4, -0.2) is 40.2 Å². The smallest absolute Gasteiger partial charge is 0.244 e. The van der Waals surface area contributed by atoms with Crippen molar-refractivity contribution in [3.8, 4) is 0 Å². The lowest BCUT2D eigenvalue weighted by Crippen LogP contribution is -2.36. The quantitative estimate of drug-likeness (QED) is 0.648. The molecular formula is C23H31ClN4O. The zero-order valence-electron chi connectivity index (χ0n) is 17.6. The van der Waals surface area contributed by atoms with E-state index in [1.807, 2.05) is 13.0 Å². The third-order valence-electron chi connectivity index (χ3n) is 5.28. The number of aryl methyl sites for hydroxylation is 1. The van der Waals surface area contributed by atoms with Crippen LogP contribution in [0.1, 0.15) is 49.6 Å². The summed E-state index contributed by atoms with van der Waals surface area (Å²) in [5, 5.41) is 8.14. The number of hydrogen-bond donors (Lipinski definition) is 1. The Morgan fingerprint density at radius 3 is 2.59 bits per heavy atom. The van der Waals surface area contributed by atoms with Gasteiger partial charge < -0.3 is 5.32 Å². The second-order valence-electron chi connectivity index (χ2n) is 8.11. The molecular weight excluding hydrogens is 384 g/mol. The number of rotatable bonds is 8. The van der Waals surface area contributed by atoms with E-state index in [9.17, 15) is 4.79 Å². The number of nitrogens with one attached hydrogen (secondary N) is 1. The van der Waals surface area contributed by atoms with Gasteiger partial charge in [-0.25, -0.2) is 0 Å². The molecule has 29 heavy (non-hydrogen) atoms. The monoisotopic (exact) mass is 414 g/mol. The molecule has 0 bridgehead atoms. The Balaban J connectivity index is 1.64. The fourth-order valence-corrected chi connectivity index (χ4v) is 4.13. The molecule has 0 saturated carbocycles. The van der Waals surface area contributed by atoms with Crippen LogP contribution in [0.15, 0.2) is 36.4 Å². The number of amides is 1. The van der Waals surface area contributed by atoms with E-state index in [1.165, 1.54) is 18.4 Å². The average molecular weight is 415 g/mol. The van der Waals surface area contributed by atoms with Gasteiger partial charge in [0.25, 0.3) is 0 Å². The summed E-state index contributed by atoms with van der Waals surface area (Å²) >= 11 is 6.46. The Bertz CT molecular complexity index is 838. The number of hydrogen-bond acceptors (Lipinski definition) is 3. The Morgan fingerprint density at radius 2 is 1.93 bits per heavy atom. The summed E-state index contributed by atoms with van der Waals surface area (Å²) in [4.78, 5) is 14.9. The summed E-state index contributed by atoms with van der Waals surface area (Å²) in [5.74, 6) is 0.338. The van der Waals surface area contributed by atoms with Crippen molar-refractivity contribution >= 4 is 23.6 Å². The minimum absolute atomic E-state index is 0.114. The van der Waals surface area contributed by atoms with Crippen LogP contribution in [0.2, 0.25) is 5.15 Å². The lowest BCUT2D eigenvalue weighted by molar-refractivity contribution is -0.116. The van der Waals surface area contributed by atoms with Crippen LogP contribution in [0.4, 0.5) is 0 Å². The van der Waals surface area contributed by atoms with Crippen molar-refractivity contribution < 1.29 is 4.79 Å². The van der Waals surface area contributed by atoms with Gasteiger partial charge in [-0.2, -0.15) is 5.10 Å². The van der Waals surface area contributed by atoms with Crippen LogP contribution in [0, 0.1) is 12.8 Å². The van der Waals surface area contributed by atoms with Gasteiger partial charge in [-0.1, -0.05) is 55.8 Å². The predicted octanol–water partition coefficient (Wildman–Crippen LogP) is 4.47. The molecule has 0 aliphatic carbocycles. The van der Waals surface area contributed by atoms with E-state index in [4.69, 9.17) is 11.6 Å². The Labute approximate surface area is 178 Å². The molecule has 3 rings (SSSR count). The fourth-order valence-electron chi connectivity index (χ4n) is 3.82. The first-order valence-electron chi connectivity index (χ1n) is 10.4. The van der Waals surface area contributed by atoms with E-state index >= 15 is 0 Å². The van der Waals surface area contributed by atoms with Crippen molar-refractivity contribution in [2.24, 2.45) is 5.92 Å². The molecule has 5 nitrogen and oxygen atoms in total. The van der Waals surface area contributed by atoms with E-state index in [0.29, 0.717) is 17.6 Å². The summed E-state index contributed by atoms with van der Waals surface area (Å²) in [7, 11) is 0. The third-order valence-corrected chi connectivity index (χ3v) is 5.68. The molecule has 1 aromatic heterocycles. The zero-order valence-corrected chi connectivity index (χ0v) is 18.3. The van der Waals surface area contributed by atoms with Crippen LogP contribution in [-0.2, 0) is 11.3 Å². The van der Waals surface area contributed by atoms with E-state index in [2.05, 4.69) is 53.4 Å². The van der Waals surface area contributed by atoms with Gasteiger partial charge in [-0.3, -0.25) is 14.4 Å². The molecule has 1 fully saturated rings. The van der Waals surface area contributed by atoms with Crippen molar-refractivity contribution in [2.45, 2.75) is 46.2 Å². The number of carbonyl (C=O) groups is 1. The second-order valence-corrected chi connectivity index (χ2v) is 8.47. The molecule has 1 aliphatic heterocycles. The van der Waals surface area contributed by atoms with Crippen molar-refractivity contribution in [3.05, 3.63) is 58.4 Å². The van der Waals surface area contributed by atoms with Crippen LogP contribution < -0.4 is 5.32 Å². The standard InChI is InChI=1S/C23H31ClN4O/c1-17(2)16-28-23(24)20(18(3)26-28)11-12-22(29)25-15-21(27-13-7-8-14-27)19-9-5-4-6-10-19/h4-6,9-12,17,21H,7-8,13-16H2,1-3H3,(H,25,29)/b12-11+. The molecule has 2 aromatic rings. The molecule has 1 N–H and O–H groups in total. The van der Waals surface area contributed by atoms with Gasteiger partial charge in [0.15, 0.2) is 0 Å². The highest BCUT2D eigenvalue weighted by Crippen LogP contribution is 2.25. The maximum absolute atomic E-state index is 12.5. The normalized spacial score (nSPS) is 16.0. The minimum Gasteiger partial charge on any atom is -0.351 e. The van der Waals surface area contributed by atoms with Crippen molar-refractivity contribution in [1.29, 1.82) is 0 Å². The predicted molar refractivity (Wildman–Crippen MR) is 119 cm³/mol. The summed E-state index contributed by atoms with van der Waals surface area (Å²) in [5.41, 5.74) is 2.88. The molecule has 6 heteroatoms. The van der Waals surface area contributed by atoms with Crippen molar-refractivity contribution in [2.75, 3.05) is 19.6 Å². The minimum atomic E-state index is -0.114. The second kappa shape index (κ2) is 10.1. The van der Waals surface area contributed by atoms with E-state index < -0.39 is 0 Å². The summed E-state index contributed by atoms with van der Waals surface area (Å²) < 4.78 is 1.80. The number of aromatic nitrogens is 2. The molecule has 0 spiro atoms. The first-order valence-corrected chi connectivity index (χ1v) is 10.8. The van der Waals surface area contributed by atoms with E-state index in [1.54, 1.807) is 16.8 Å². The first-order chi connectivity index (χ1) is 14.0. The molecule has 2 heterocycles. The molecule has 156 valence electrons. The van der Waals surface area contributed by atoms with E-state index in [-0.39, 0.29) is 11.9 Å². The topological polar surface area (TPSA) is 50.2 Å². The number of nitrogens with zero attached hydrogens (tertiary/aromatic N) is 3. The molecule has 1 amide bonds. The van der Waals surface area contributed by atoms with Crippen LogP contribution in [0.3, 0.4) is 0 Å². The lowest BCUT2D eigenvalue weighted by atomic mass is 10.1. The molecule has 1 unspecified atom stereocenters. The van der Waals surface area contributed by atoms with Crippen LogP contribution >= 0.6 is 11.6 Å². The third kappa shape index (κ3) is 5.71. The first kappa shape index (κ1) is 21.6. The highest BCUT2D eigenvalue weighted by Gasteiger charge is 2.23. The highest BCUT2D eigenvalue weighted by molar-refractivity contribution is 6.31. The molecule has 1 saturated heterocycles. The fraction of sp³-hybridized carbons (Fsp3) is 0.478. The largest absolute Gasteiger partial charge is 0.351 e. The molecule has 1 aliphatic rings. The van der Waals surface area contributed by atoms with Crippen molar-refractivity contribution in [3.63, 3.8) is 0 Å². The molecule has 1 atom stereocenters. The van der Waals surface area contributed by atoms with E-state index in [0.717, 1.165) is 30.9 Å². The van der Waals surface area contributed by atoms with Gasteiger partial charge in [-0.05, 0) is 50.4 Å². The number of carbonyl (C=O) groups excluding carboxylic acids is 1. The maximum Gasteiger partial charge on any atom is 0.244 e. The number of benzene rings is 1. The highest BCUT2D eigenvalue weighted by atomic mass is 35.5. The SMILES string of the molecule is Cc1nn(CC(C)C)c(Cl)c1/C=C/C(=O)NCC(c1ccccc1)N1CCCC1. The zero-order chi connectivity index (χ0) is 20.8. The van der Waals surface area contributed by atoms with Gasteiger partial charge in [0, 0.05) is 24.7 Å². The van der Waals surface area contributed by atoms with Gasteiger partial charge >= 0.3 is 0 Å². The van der Waals surface area contributed by atoms with Gasteiger partial charge in [0.1, 0.15) is 5.15 Å². The Morgan fingerprint density at radius 1 is 1.24 bits per heavy atom. The number of likely N-dealkylation sites (tertiary alicyclic amines) is 1. The molecule has 1 aromatic carbocycles. The molecule has 0 radical (unpaired) electrons. The Kier molecular flexibility index (Phi) is 7.51. The Hall–Kier alpha value is -2.11. The average Bonchev–Trinajstić information content (AvgIpc) is 3.30. The van der Waals surface area contributed by atoms with Crippen LogP contribution in [0.25, 0.3) is 6.08 Å². The van der Waals surface area contributed by atoms with Gasteiger partial charge in [-0.15, -0.1) is 0 Å². The maximum atomic E-state index is 12.5. The summed E-state index contributed by atoms with van der Waals surface area (Å²) in [6, 6.07) is 10.6.